The van der Waals surface area contributed by atoms with E-state index in [0.717, 1.165) is 0 Å². The van der Waals surface area contributed by atoms with Gasteiger partial charge in [0.15, 0.2) is 0 Å². The van der Waals surface area contributed by atoms with Crippen molar-refractivity contribution in [3.8, 4) is 0 Å². The third-order valence-corrected chi connectivity index (χ3v) is 7.17. The summed E-state index contributed by atoms with van der Waals surface area (Å²) in [6, 6.07) is 11.0. The Morgan fingerprint density at radius 1 is 1.07 bits per heavy atom. The van der Waals surface area contributed by atoms with E-state index >= 15 is 0 Å². The summed E-state index contributed by atoms with van der Waals surface area (Å²) >= 11 is 0. The SMILES string of the molecule is CCC[P+](C)(CC)c1ccccc1.[Br-]. The first kappa shape index (κ1) is 14.1. The zero-order chi connectivity index (χ0) is 9.73. The molecule has 0 saturated carbocycles. The fourth-order valence-corrected chi connectivity index (χ4v) is 4.57. The Morgan fingerprint density at radius 3 is 2.07 bits per heavy atom. The van der Waals surface area contributed by atoms with E-state index in [-0.39, 0.29) is 17.0 Å². The first-order valence-electron chi connectivity index (χ1n) is 5.13. The lowest BCUT2D eigenvalue weighted by molar-refractivity contribution is -0.00000289. The van der Waals surface area contributed by atoms with Gasteiger partial charge < -0.3 is 17.0 Å². The number of benzene rings is 1. The van der Waals surface area contributed by atoms with Gasteiger partial charge in [-0.15, -0.1) is 0 Å². The number of rotatable bonds is 4. The molecule has 2 heteroatoms. The van der Waals surface area contributed by atoms with Crippen LogP contribution in [0, 0.1) is 0 Å². The number of hydrogen-bond donors (Lipinski definition) is 0. The van der Waals surface area contributed by atoms with Gasteiger partial charge in [-0.3, -0.25) is 0 Å². The van der Waals surface area contributed by atoms with Crippen LogP contribution >= 0.6 is 7.26 Å². The second kappa shape index (κ2) is 6.58. The molecule has 1 aromatic carbocycles. The van der Waals surface area contributed by atoms with Gasteiger partial charge in [-0.1, -0.05) is 25.1 Å². The summed E-state index contributed by atoms with van der Waals surface area (Å²) in [5.41, 5.74) is 0. The minimum Gasteiger partial charge on any atom is -1.00 e. The topological polar surface area (TPSA) is 0 Å². The molecule has 1 rings (SSSR count). The molecule has 0 saturated heterocycles. The van der Waals surface area contributed by atoms with Crippen molar-refractivity contribution in [2.24, 2.45) is 0 Å². The molecular weight excluding hydrogens is 255 g/mol. The van der Waals surface area contributed by atoms with Crippen molar-refractivity contribution in [3.63, 3.8) is 0 Å². The van der Waals surface area contributed by atoms with Crippen molar-refractivity contribution in [2.45, 2.75) is 20.3 Å². The molecule has 0 N–H and O–H groups in total. The van der Waals surface area contributed by atoms with E-state index in [1.807, 2.05) is 0 Å². The molecule has 0 aromatic heterocycles. The van der Waals surface area contributed by atoms with E-state index in [0.29, 0.717) is 0 Å². The van der Waals surface area contributed by atoms with E-state index in [2.05, 4.69) is 50.8 Å². The van der Waals surface area contributed by atoms with Crippen molar-refractivity contribution < 1.29 is 17.0 Å². The molecule has 14 heavy (non-hydrogen) atoms. The fourth-order valence-electron chi connectivity index (χ4n) is 1.75. The molecule has 0 nitrogen and oxygen atoms in total. The van der Waals surface area contributed by atoms with Crippen molar-refractivity contribution in [2.75, 3.05) is 19.0 Å². The summed E-state index contributed by atoms with van der Waals surface area (Å²) < 4.78 is 0. The van der Waals surface area contributed by atoms with Crippen LogP contribution in [0.15, 0.2) is 30.3 Å². The quantitative estimate of drug-likeness (QED) is 0.698. The minimum absolute atomic E-state index is 0. The van der Waals surface area contributed by atoms with Crippen LogP contribution < -0.4 is 22.3 Å². The fraction of sp³-hybridized carbons (Fsp3) is 0.500. The summed E-state index contributed by atoms with van der Waals surface area (Å²) in [5, 5.41) is 1.60. The Labute approximate surface area is 99.2 Å². The molecule has 0 amide bonds. The van der Waals surface area contributed by atoms with Crippen LogP contribution in [0.3, 0.4) is 0 Å². The maximum atomic E-state index is 2.48. The minimum atomic E-state index is -0.803. The first-order chi connectivity index (χ1) is 6.23. The number of hydrogen-bond acceptors (Lipinski definition) is 0. The molecule has 1 aromatic rings. The molecule has 0 aliphatic rings. The molecule has 1 atom stereocenters. The molecule has 0 aliphatic carbocycles. The predicted octanol–water partition coefficient (Wildman–Crippen LogP) is 0.393. The molecule has 0 radical (unpaired) electrons. The Hall–Kier alpha value is 0.130. The van der Waals surface area contributed by atoms with Crippen LogP contribution in [-0.2, 0) is 0 Å². The summed E-state index contributed by atoms with van der Waals surface area (Å²) in [4.78, 5) is 0. The highest BCUT2D eigenvalue weighted by Gasteiger charge is 2.30. The van der Waals surface area contributed by atoms with Gasteiger partial charge in [-0.05, 0) is 25.5 Å². The monoisotopic (exact) mass is 274 g/mol. The van der Waals surface area contributed by atoms with Gasteiger partial charge in [0.2, 0.25) is 0 Å². The van der Waals surface area contributed by atoms with Crippen LogP contribution in [0.5, 0.6) is 0 Å². The second-order valence-electron chi connectivity index (χ2n) is 3.77. The first-order valence-corrected chi connectivity index (χ1v) is 7.73. The van der Waals surface area contributed by atoms with Crippen molar-refractivity contribution in [1.29, 1.82) is 0 Å². The molecule has 0 spiro atoms. The lowest BCUT2D eigenvalue weighted by Crippen LogP contribution is -3.00. The molecule has 0 fully saturated rings. The highest BCUT2D eigenvalue weighted by molar-refractivity contribution is 7.82. The zero-order valence-corrected chi connectivity index (χ0v) is 11.8. The van der Waals surface area contributed by atoms with E-state index in [1.165, 1.54) is 18.7 Å². The Balaban J connectivity index is 0.00000169. The Morgan fingerprint density at radius 2 is 1.64 bits per heavy atom. The molecular formula is C12H20BrP. The third kappa shape index (κ3) is 3.37. The van der Waals surface area contributed by atoms with E-state index in [9.17, 15) is 0 Å². The zero-order valence-electron chi connectivity index (χ0n) is 9.33. The summed E-state index contributed by atoms with van der Waals surface area (Å²) in [6.45, 7) is 7.10. The predicted molar refractivity (Wildman–Crippen MR) is 64.6 cm³/mol. The standard InChI is InChI=1S/C12H20P.BrH/c1-4-11-13(3,5-2)12-9-7-6-8-10-12;/h6-10H,4-5,11H2,1-3H3;1H/q+1;/p-1. The van der Waals surface area contributed by atoms with Gasteiger partial charge in [-0.25, -0.2) is 0 Å². The van der Waals surface area contributed by atoms with Crippen LogP contribution in [-0.4, -0.2) is 19.0 Å². The van der Waals surface area contributed by atoms with Gasteiger partial charge in [0.25, 0.3) is 0 Å². The summed E-state index contributed by atoms with van der Waals surface area (Å²) in [5.74, 6) is 0. The van der Waals surface area contributed by atoms with E-state index in [1.54, 1.807) is 5.30 Å². The smallest absolute Gasteiger partial charge is 0.0936 e. The summed E-state index contributed by atoms with van der Waals surface area (Å²) in [6.07, 6.45) is 4.05. The van der Waals surface area contributed by atoms with Crippen LogP contribution in [0.1, 0.15) is 20.3 Å². The van der Waals surface area contributed by atoms with Crippen molar-refractivity contribution >= 4 is 12.6 Å². The molecule has 0 aliphatic heterocycles. The van der Waals surface area contributed by atoms with Crippen LogP contribution in [0.4, 0.5) is 0 Å². The lowest BCUT2D eigenvalue weighted by atomic mass is 10.4. The average Bonchev–Trinajstić information content (AvgIpc) is 2.19. The molecule has 80 valence electrons. The number of halogens is 1. The Kier molecular flexibility index (Phi) is 6.64. The van der Waals surface area contributed by atoms with Gasteiger partial charge in [-0.2, -0.15) is 0 Å². The highest BCUT2D eigenvalue weighted by Crippen LogP contribution is 2.53. The van der Waals surface area contributed by atoms with E-state index < -0.39 is 7.26 Å². The third-order valence-electron chi connectivity index (χ3n) is 2.79. The molecule has 0 heterocycles. The Bertz CT molecular complexity index is 248. The van der Waals surface area contributed by atoms with Gasteiger partial charge in [0, 0.05) is 7.26 Å². The van der Waals surface area contributed by atoms with Gasteiger partial charge >= 0.3 is 0 Å². The largest absolute Gasteiger partial charge is 1.00 e. The normalized spacial score (nSPS) is 14.2. The molecule has 0 bridgehead atoms. The van der Waals surface area contributed by atoms with Crippen LogP contribution in [0.25, 0.3) is 0 Å². The van der Waals surface area contributed by atoms with Crippen LogP contribution in [0.2, 0.25) is 0 Å². The van der Waals surface area contributed by atoms with Crippen molar-refractivity contribution in [3.05, 3.63) is 30.3 Å². The highest BCUT2D eigenvalue weighted by atomic mass is 79.9. The molecule has 1 unspecified atom stereocenters. The maximum Gasteiger partial charge on any atom is 0.0936 e. The van der Waals surface area contributed by atoms with Gasteiger partial charge in [0.1, 0.15) is 0 Å². The van der Waals surface area contributed by atoms with E-state index in [4.69, 9.17) is 0 Å². The lowest BCUT2D eigenvalue weighted by Gasteiger charge is -2.20. The van der Waals surface area contributed by atoms with Crippen molar-refractivity contribution in [1.82, 2.24) is 0 Å². The average molecular weight is 275 g/mol. The summed E-state index contributed by atoms with van der Waals surface area (Å²) in [7, 11) is -0.803. The van der Waals surface area contributed by atoms with Gasteiger partial charge in [0.05, 0.1) is 24.3 Å². The second-order valence-corrected chi connectivity index (χ2v) is 8.16. The maximum absolute atomic E-state index is 2.48.